The standard InChI is InChI=1S/C17H11FN2O4/c18-11-3-5-12(6-4-11)20-16(23)14(15(22)19-17(20)24)9-10-1-7-13(21)8-2-10/h1-9,21H,(H,19,22,24)/b14-9-. The summed E-state index contributed by atoms with van der Waals surface area (Å²) in [5.41, 5.74) is 0.396. The maximum absolute atomic E-state index is 13.0. The molecular formula is C17H11FN2O4. The number of amides is 4. The minimum atomic E-state index is -0.903. The summed E-state index contributed by atoms with van der Waals surface area (Å²) in [6, 6.07) is 9.68. The number of hydrogen-bond donors (Lipinski definition) is 2. The van der Waals surface area contributed by atoms with Crippen LogP contribution < -0.4 is 10.2 Å². The van der Waals surface area contributed by atoms with E-state index in [4.69, 9.17) is 0 Å². The monoisotopic (exact) mass is 326 g/mol. The summed E-state index contributed by atoms with van der Waals surface area (Å²) in [5, 5.41) is 11.3. The van der Waals surface area contributed by atoms with Gasteiger partial charge >= 0.3 is 6.03 Å². The van der Waals surface area contributed by atoms with Crippen LogP contribution >= 0.6 is 0 Å². The van der Waals surface area contributed by atoms with Gasteiger partial charge in [0.15, 0.2) is 0 Å². The smallest absolute Gasteiger partial charge is 0.335 e. The van der Waals surface area contributed by atoms with E-state index in [9.17, 15) is 23.9 Å². The highest BCUT2D eigenvalue weighted by Crippen LogP contribution is 2.22. The molecule has 2 aromatic carbocycles. The second kappa shape index (κ2) is 5.96. The number of hydrogen-bond acceptors (Lipinski definition) is 4. The molecule has 1 saturated heterocycles. The van der Waals surface area contributed by atoms with Gasteiger partial charge in [-0.25, -0.2) is 14.1 Å². The molecular weight excluding hydrogens is 315 g/mol. The van der Waals surface area contributed by atoms with Crippen LogP contribution in [0.3, 0.4) is 0 Å². The van der Waals surface area contributed by atoms with Crippen molar-refractivity contribution in [2.75, 3.05) is 4.90 Å². The summed E-state index contributed by atoms with van der Waals surface area (Å²) in [6.45, 7) is 0. The van der Waals surface area contributed by atoms with Crippen molar-refractivity contribution < 1.29 is 23.9 Å². The van der Waals surface area contributed by atoms with Crippen molar-refractivity contribution in [2.45, 2.75) is 0 Å². The Balaban J connectivity index is 1.99. The lowest BCUT2D eigenvalue weighted by Crippen LogP contribution is -2.54. The van der Waals surface area contributed by atoms with Crippen molar-refractivity contribution in [3.63, 3.8) is 0 Å². The molecule has 0 aliphatic carbocycles. The molecule has 0 aromatic heterocycles. The van der Waals surface area contributed by atoms with Crippen molar-refractivity contribution >= 4 is 29.6 Å². The zero-order valence-corrected chi connectivity index (χ0v) is 12.2. The Morgan fingerprint density at radius 1 is 0.958 bits per heavy atom. The molecule has 2 aromatic rings. The fourth-order valence-electron chi connectivity index (χ4n) is 2.22. The van der Waals surface area contributed by atoms with Gasteiger partial charge in [-0.15, -0.1) is 0 Å². The van der Waals surface area contributed by atoms with Gasteiger partial charge < -0.3 is 5.11 Å². The second-order valence-electron chi connectivity index (χ2n) is 5.03. The Hall–Kier alpha value is -3.48. The van der Waals surface area contributed by atoms with E-state index in [1.54, 1.807) is 0 Å². The van der Waals surface area contributed by atoms with Gasteiger partial charge in [-0.05, 0) is 48.0 Å². The van der Waals surface area contributed by atoms with E-state index in [0.29, 0.717) is 5.56 Å². The van der Waals surface area contributed by atoms with Gasteiger partial charge in [-0.1, -0.05) is 12.1 Å². The Morgan fingerprint density at radius 3 is 2.21 bits per heavy atom. The van der Waals surface area contributed by atoms with Gasteiger partial charge in [-0.3, -0.25) is 14.9 Å². The van der Waals surface area contributed by atoms with Gasteiger partial charge in [0.2, 0.25) is 0 Å². The molecule has 6 nitrogen and oxygen atoms in total. The lowest BCUT2D eigenvalue weighted by molar-refractivity contribution is -0.122. The number of aromatic hydroxyl groups is 1. The number of phenolic OH excluding ortho intramolecular Hbond substituents is 1. The fourth-order valence-corrected chi connectivity index (χ4v) is 2.22. The van der Waals surface area contributed by atoms with Crippen molar-refractivity contribution in [3.05, 3.63) is 65.5 Å². The van der Waals surface area contributed by atoms with Crippen LogP contribution in [0.2, 0.25) is 0 Å². The molecule has 7 heteroatoms. The molecule has 1 aliphatic rings. The molecule has 1 heterocycles. The Morgan fingerprint density at radius 2 is 1.58 bits per heavy atom. The van der Waals surface area contributed by atoms with Gasteiger partial charge in [0.25, 0.3) is 11.8 Å². The minimum absolute atomic E-state index is 0.0414. The molecule has 0 radical (unpaired) electrons. The van der Waals surface area contributed by atoms with E-state index in [0.717, 1.165) is 17.0 Å². The molecule has 0 atom stereocenters. The largest absolute Gasteiger partial charge is 0.508 e. The molecule has 0 bridgehead atoms. The highest BCUT2D eigenvalue weighted by molar-refractivity contribution is 6.39. The van der Waals surface area contributed by atoms with E-state index in [1.165, 1.54) is 42.5 Å². The topological polar surface area (TPSA) is 86.7 Å². The van der Waals surface area contributed by atoms with Crippen LogP contribution in [0, 0.1) is 5.82 Å². The summed E-state index contributed by atoms with van der Waals surface area (Å²) in [4.78, 5) is 37.2. The number of benzene rings is 2. The summed E-state index contributed by atoms with van der Waals surface area (Å²) in [6.07, 6.45) is 1.31. The number of urea groups is 1. The summed E-state index contributed by atoms with van der Waals surface area (Å²) in [5.74, 6) is -2.11. The van der Waals surface area contributed by atoms with Crippen molar-refractivity contribution in [3.8, 4) is 5.75 Å². The number of carbonyl (C=O) groups excluding carboxylic acids is 3. The number of anilines is 1. The third-order valence-corrected chi connectivity index (χ3v) is 3.39. The molecule has 0 saturated carbocycles. The second-order valence-corrected chi connectivity index (χ2v) is 5.03. The van der Waals surface area contributed by atoms with Gasteiger partial charge in [0.1, 0.15) is 17.1 Å². The first-order valence-corrected chi connectivity index (χ1v) is 6.92. The van der Waals surface area contributed by atoms with E-state index in [-0.39, 0.29) is 17.0 Å². The highest BCUT2D eigenvalue weighted by atomic mass is 19.1. The number of nitrogens with one attached hydrogen (secondary N) is 1. The predicted octanol–water partition coefficient (Wildman–Crippen LogP) is 2.20. The number of imide groups is 2. The number of barbiturate groups is 1. The van der Waals surface area contributed by atoms with E-state index >= 15 is 0 Å². The van der Waals surface area contributed by atoms with E-state index in [2.05, 4.69) is 5.32 Å². The minimum Gasteiger partial charge on any atom is -0.508 e. The van der Waals surface area contributed by atoms with Crippen molar-refractivity contribution in [2.24, 2.45) is 0 Å². The molecule has 3 rings (SSSR count). The van der Waals surface area contributed by atoms with Crippen LogP contribution in [0.5, 0.6) is 5.75 Å². The Labute approximate surface area is 135 Å². The number of phenols is 1. The molecule has 1 fully saturated rings. The Kier molecular flexibility index (Phi) is 3.83. The first kappa shape index (κ1) is 15.4. The fraction of sp³-hybridized carbons (Fsp3) is 0. The molecule has 120 valence electrons. The third kappa shape index (κ3) is 2.87. The molecule has 2 N–H and O–H groups in total. The number of nitrogens with zero attached hydrogens (tertiary/aromatic N) is 1. The number of halogens is 1. The SMILES string of the molecule is O=C1NC(=O)N(c2ccc(F)cc2)C(=O)/C1=C\c1ccc(O)cc1. The molecule has 24 heavy (non-hydrogen) atoms. The van der Waals surface area contributed by atoms with Crippen molar-refractivity contribution in [1.82, 2.24) is 5.32 Å². The average molecular weight is 326 g/mol. The van der Waals surface area contributed by atoms with E-state index in [1.807, 2.05) is 0 Å². The van der Waals surface area contributed by atoms with E-state index < -0.39 is 23.7 Å². The normalized spacial score (nSPS) is 16.5. The summed E-state index contributed by atoms with van der Waals surface area (Å²) in [7, 11) is 0. The molecule has 4 amide bonds. The van der Waals surface area contributed by atoms with Gasteiger partial charge in [-0.2, -0.15) is 0 Å². The van der Waals surface area contributed by atoms with Gasteiger partial charge in [0.05, 0.1) is 5.69 Å². The molecule has 0 unspecified atom stereocenters. The van der Waals surface area contributed by atoms with Crippen LogP contribution in [0.15, 0.2) is 54.1 Å². The van der Waals surface area contributed by atoms with Crippen LogP contribution in [0.1, 0.15) is 5.56 Å². The summed E-state index contributed by atoms with van der Waals surface area (Å²) < 4.78 is 13.0. The van der Waals surface area contributed by atoms with Crippen LogP contribution in [-0.2, 0) is 9.59 Å². The number of rotatable bonds is 2. The Bertz CT molecular complexity index is 857. The third-order valence-electron chi connectivity index (χ3n) is 3.39. The van der Waals surface area contributed by atoms with Gasteiger partial charge in [0, 0.05) is 0 Å². The lowest BCUT2D eigenvalue weighted by Gasteiger charge is -2.26. The van der Waals surface area contributed by atoms with Crippen LogP contribution in [0.4, 0.5) is 14.9 Å². The average Bonchev–Trinajstić information content (AvgIpc) is 2.55. The van der Waals surface area contributed by atoms with Crippen LogP contribution in [-0.4, -0.2) is 23.0 Å². The summed E-state index contributed by atoms with van der Waals surface area (Å²) >= 11 is 0. The van der Waals surface area contributed by atoms with Crippen molar-refractivity contribution in [1.29, 1.82) is 0 Å². The number of carbonyl (C=O) groups is 3. The zero-order valence-electron chi connectivity index (χ0n) is 12.2. The predicted molar refractivity (Wildman–Crippen MR) is 83.5 cm³/mol. The maximum Gasteiger partial charge on any atom is 0.335 e. The first-order valence-electron chi connectivity index (χ1n) is 6.92. The maximum atomic E-state index is 13.0. The first-order chi connectivity index (χ1) is 11.5. The zero-order chi connectivity index (χ0) is 17.3. The van der Waals surface area contributed by atoms with Crippen LogP contribution in [0.25, 0.3) is 6.08 Å². The molecule has 1 aliphatic heterocycles. The quantitative estimate of drug-likeness (QED) is 0.654. The molecule has 0 spiro atoms. The lowest BCUT2D eigenvalue weighted by atomic mass is 10.1. The highest BCUT2D eigenvalue weighted by Gasteiger charge is 2.36.